The number of nitrogens with zero attached hydrogens (tertiary/aromatic N) is 3. The Labute approximate surface area is 141 Å². The van der Waals surface area contributed by atoms with Gasteiger partial charge in [-0.1, -0.05) is 29.0 Å². The third-order valence-corrected chi connectivity index (χ3v) is 4.74. The first kappa shape index (κ1) is 16.2. The van der Waals surface area contributed by atoms with Crippen LogP contribution < -0.4 is 4.80 Å². The number of amides is 2. The predicted molar refractivity (Wildman–Crippen MR) is 86.6 cm³/mol. The molecule has 1 atom stereocenters. The zero-order valence-corrected chi connectivity index (χ0v) is 13.7. The van der Waals surface area contributed by atoms with Gasteiger partial charge in [0.05, 0.1) is 18.0 Å². The van der Waals surface area contributed by atoms with Gasteiger partial charge < -0.3 is 10.0 Å². The second-order valence-electron chi connectivity index (χ2n) is 5.21. The van der Waals surface area contributed by atoms with Gasteiger partial charge in [-0.2, -0.15) is 4.99 Å². The maximum Gasteiger partial charge on any atom is 0.346 e. The van der Waals surface area contributed by atoms with Crippen LogP contribution in [0.2, 0.25) is 5.02 Å². The molecular formula is C15H15ClFN3O2S. The minimum atomic E-state index is -0.981. The molecule has 5 nitrogen and oxygen atoms in total. The summed E-state index contributed by atoms with van der Waals surface area (Å²) in [5, 5.41) is 9.90. The van der Waals surface area contributed by atoms with E-state index in [9.17, 15) is 14.3 Å². The molecule has 1 aliphatic rings. The molecule has 122 valence electrons. The summed E-state index contributed by atoms with van der Waals surface area (Å²) in [6, 6.07) is 6.65. The standard InChI is InChI=1S/C15H15ClFN3O2S/c16-10-2-1-3-12(6-10)20-8-13(9-21)23-15(20)18-14(22)19-5-4-11(17)7-19/h1-3,6,8,11,21H,4-5,7,9H2/b18-15-/t11-/m1/s1. The molecule has 8 heteroatoms. The molecule has 0 spiro atoms. The minimum Gasteiger partial charge on any atom is -0.391 e. The maximum atomic E-state index is 13.2. The second-order valence-corrected chi connectivity index (χ2v) is 6.74. The number of hydrogen-bond donors (Lipinski definition) is 1. The van der Waals surface area contributed by atoms with Crippen LogP contribution >= 0.6 is 22.9 Å². The van der Waals surface area contributed by atoms with Crippen molar-refractivity contribution in [3.8, 4) is 5.69 Å². The molecule has 0 unspecified atom stereocenters. The van der Waals surface area contributed by atoms with E-state index in [1.165, 1.54) is 16.2 Å². The minimum absolute atomic E-state index is 0.0811. The Morgan fingerprint density at radius 3 is 3.00 bits per heavy atom. The van der Waals surface area contributed by atoms with Gasteiger partial charge in [-0.3, -0.25) is 4.57 Å². The summed E-state index contributed by atoms with van der Waals surface area (Å²) in [6.07, 6.45) is 1.08. The zero-order valence-electron chi connectivity index (χ0n) is 12.2. The SMILES string of the molecule is O=C(/N=c1\sc(CO)cn1-c1cccc(Cl)c1)N1CC[C@@H](F)C1. The van der Waals surface area contributed by atoms with Crippen molar-refractivity contribution in [2.75, 3.05) is 13.1 Å². The molecule has 1 aliphatic heterocycles. The maximum absolute atomic E-state index is 13.2. The Morgan fingerprint density at radius 1 is 1.52 bits per heavy atom. The fraction of sp³-hybridized carbons (Fsp3) is 0.333. The van der Waals surface area contributed by atoms with Crippen LogP contribution in [0.15, 0.2) is 35.5 Å². The Kier molecular flexibility index (Phi) is 4.79. The lowest BCUT2D eigenvalue weighted by Gasteiger charge is -2.10. The fourth-order valence-corrected chi connectivity index (χ4v) is 3.42. The molecule has 0 bridgehead atoms. The van der Waals surface area contributed by atoms with Crippen molar-refractivity contribution in [1.29, 1.82) is 0 Å². The molecule has 0 radical (unpaired) electrons. The summed E-state index contributed by atoms with van der Waals surface area (Å²) >= 11 is 7.22. The number of aliphatic hydroxyl groups is 1. The Bertz CT molecular complexity index is 789. The molecule has 0 aliphatic carbocycles. The number of likely N-dealkylation sites (tertiary alicyclic amines) is 1. The van der Waals surface area contributed by atoms with Gasteiger partial charge in [0.15, 0.2) is 4.80 Å². The van der Waals surface area contributed by atoms with E-state index in [2.05, 4.69) is 4.99 Å². The molecule has 23 heavy (non-hydrogen) atoms. The number of carbonyl (C=O) groups excluding carboxylic acids is 1. The number of carbonyl (C=O) groups is 1. The van der Waals surface area contributed by atoms with E-state index in [4.69, 9.17) is 11.6 Å². The van der Waals surface area contributed by atoms with Crippen molar-refractivity contribution in [3.05, 3.63) is 45.2 Å². The van der Waals surface area contributed by atoms with Crippen molar-refractivity contribution in [3.63, 3.8) is 0 Å². The number of urea groups is 1. The number of thiazole rings is 1. The molecule has 3 rings (SSSR count). The Morgan fingerprint density at radius 2 is 2.35 bits per heavy atom. The van der Waals surface area contributed by atoms with Crippen LogP contribution in [0.3, 0.4) is 0 Å². The van der Waals surface area contributed by atoms with Crippen molar-refractivity contribution >= 4 is 29.0 Å². The number of halogens is 2. The number of aliphatic hydroxyl groups excluding tert-OH is 1. The third kappa shape index (κ3) is 3.63. The monoisotopic (exact) mass is 355 g/mol. The van der Waals surface area contributed by atoms with E-state index in [0.717, 1.165) is 5.69 Å². The fourth-order valence-electron chi connectivity index (χ4n) is 2.40. The largest absolute Gasteiger partial charge is 0.391 e. The summed E-state index contributed by atoms with van der Waals surface area (Å²) in [7, 11) is 0. The van der Waals surface area contributed by atoms with E-state index in [-0.39, 0.29) is 13.2 Å². The van der Waals surface area contributed by atoms with E-state index in [0.29, 0.717) is 27.7 Å². The molecule has 1 aromatic heterocycles. The van der Waals surface area contributed by atoms with Crippen molar-refractivity contribution in [2.45, 2.75) is 19.2 Å². The molecule has 0 saturated carbocycles. The van der Waals surface area contributed by atoms with Crippen LogP contribution in [0.25, 0.3) is 5.69 Å². The van der Waals surface area contributed by atoms with Crippen LogP contribution in [0, 0.1) is 0 Å². The van der Waals surface area contributed by atoms with E-state index in [1.807, 2.05) is 6.07 Å². The normalized spacial score (nSPS) is 18.7. The topological polar surface area (TPSA) is 57.8 Å². The molecular weight excluding hydrogens is 341 g/mol. The van der Waals surface area contributed by atoms with E-state index in [1.54, 1.807) is 29.0 Å². The lowest BCUT2D eigenvalue weighted by Crippen LogP contribution is -2.28. The first-order valence-corrected chi connectivity index (χ1v) is 8.32. The van der Waals surface area contributed by atoms with Crippen LogP contribution in [0.5, 0.6) is 0 Å². The van der Waals surface area contributed by atoms with Crippen LogP contribution in [0.1, 0.15) is 11.3 Å². The van der Waals surface area contributed by atoms with Gasteiger partial charge in [0.25, 0.3) is 0 Å². The average molecular weight is 356 g/mol. The molecule has 1 fully saturated rings. The average Bonchev–Trinajstić information content (AvgIpc) is 3.13. The number of alkyl halides is 1. The van der Waals surface area contributed by atoms with Crippen LogP contribution in [-0.4, -0.2) is 39.9 Å². The zero-order chi connectivity index (χ0) is 16.4. The molecule has 1 aromatic carbocycles. The predicted octanol–water partition coefficient (Wildman–Crippen LogP) is 2.75. The van der Waals surface area contributed by atoms with Gasteiger partial charge >= 0.3 is 6.03 Å². The van der Waals surface area contributed by atoms with Crippen molar-refractivity contribution < 1.29 is 14.3 Å². The summed E-state index contributed by atoms with van der Waals surface area (Å²) in [4.78, 5) is 18.8. The van der Waals surface area contributed by atoms with Gasteiger partial charge in [-0.15, -0.1) is 0 Å². The van der Waals surface area contributed by atoms with Crippen LogP contribution in [0.4, 0.5) is 9.18 Å². The molecule has 1 N–H and O–H groups in total. The smallest absolute Gasteiger partial charge is 0.346 e. The molecule has 2 aromatic rings. The van der Waals surface area contributed by atoms with Gasteiger partial charge in [-0.25, -0.2) is 9.18 Å². The summed E-state index contributed by atoms with van der Waals surface area (Å²) in [5.41, 5.74) is 0.741. The summed E-state index contributed by atoms with van der Waals surface area (Å²) in [6.45, 7) is 0.307. The van der Waals surface area contributed by atoms with E-state index >= 15 is 0 Å². The molecule has 1 saturated heterocycles. The van der Waals surface area contributed by atoms with Crippen LogP contribution in [-0.2, 0) is 6.61 Å². The Balaban J connectivity index is 1.99. The Hall–Kier alpha value is -1.70. The highest BCUT2D eigenvalue weighted by Gasteiger charge is 2.25. The van der Waals surface area contributed by atoms with Gasteiger partial charge in [-0.05, 0) is 24.6 Å². The lowest BCUT2D eigenvalue weighted by atomic mass is 10.3. The van der Waals surface area contributed by atoms with Gasteiger partial charge in [0, 0.05) is 23.5 Å². The number of benzene rings is 1. The third-order valence-electron chi connectivity index (χ3n) is 3.54. The number of rotatable bonds is 2. The van der Waals surface area contributed by atoms with Crippen molar-refractivity contribution in [1.82, 2.24) is 9.47 Å². The molecule has 2 heterocycles. The van der Waals surface area contributed by atoms with Gasteiger partial charge in [0.1, 0.15) is 6.17 Å². The van der Waals surface area contributed by atoms with Gasteiger partial charge in [0.2, 0.25) is 0 Å². The second kappa shape index (κ2) is 6.82. The highest BCUT2D eigenvalue weighted by Crippen LogP contribution is 2.17. The first-order valence-electron chi connectivity index (χ1n) is 7.12. The van der Waals surface area contributed by atoms with Crippen molar-refractivity contribution in [2.24, 2.45) is 4.99 Å². The number of hydrogen-bond acceptors (Lipinski definition) is 3. The molecule has 2 amide bonds. The van der Waals surface area contributed by atoms with E-state index < -0.39 is 12.2 Å². The summed E-state index contributed by atoms with van der Waals surface area (Å²) < 4.78 is 14.9. The quantitative estimate of drug-likeness (QED) is 0.900. The summed E-state index contributed by atoms with van der Waals surface area (Å²) in [5.74, 6) is 0. The highest BCUT2D eigenvalue weighted by molar-refractivity contribution is 7.09. The number of aromatic nitrogens is 1. The first-order chi connectivity index (χ1) is 11.1. The lowest BCUT2D eigenvalue weighted by molar-refractivity contribution is 0.213. The highest BCUT2D eigenvalue weighted by atomic mass is 35.5.